The number of carboxylic acid groups (broad SMARTS) is 1. The number of likely N-dealkylation sites (tertiary alicyclic amines) is 1. The molecule has 26 heavy (non-hydrogen) atoms. The number of aromatic nitrogens is 2. The summed E-state index contributed by atoms with van der Waals surface area (Å²) >= 11 is 6.23. The fourth-order valence-corrected chi connectivity index (χ4v) is 3.50. The van der Waals surface area contributed by atoms with Crippen molar-refractivity contribution >= 4 is 23.5 Å². The van der Waals surface area contributed by atoms with Crippen LogP contribution in [0.15, 0.2) is 30.3 Å². The molecule has 2 unspecified atom stereocenters. The van der Waals surface area contributed by atoms with Crippen LogP contribution in [0.1, 0.15) is 29.0 Å². The molecule has 8 heteroatoms. The SMILES string of the molecule is COC1CC(CC(=O)O)N(C(=O)c2cc(C)n(-c3ccccc3Cl)n2)C1. The molecule has 0 bridgehead atoms. The molecule has 1 N–H and O–H groups in total. The van der Waals surface area contributed by atoms with E-state index in [1.54, 1.807) is 28.8 Å². The van der Waals surface area contributed by atoms with Crippen molar-refractivity contribution in [1.29, 1.82) is 0 Å². The van der Waals surface area contributed by atoms with Crippen LogP contribution in [-0.4, -0.2) is 57.5 Å². The molecular formula is C18H20ClN3O4. The van der Waals surface area contributed by atoms with Crippen LogP contribution in [0.2, 0.25) is 5.02 Å². The van der Waals surface area contributed by atoms with Crippen LogP contribution in [0.5, 0.6) is 0 Å². The predicted octanol–water partition coefficient (Wildman–Crippen LogP) is 2.54. The average Bonchev–Trinajstić information content (AvgIpc) is 3.18. The summed E-state index contributed by atoms with van der Waals surface area (Å²) in [7, 11) is 1.56. The molecule has 7 nitrogen and oxygen atoms in total. The monoisotopic (exact) mass is 377 g/mol. The molecule has 0 saturated carbocycles. The zero-order chi connectivity index (χ0) is 18.8. The lowest BCUT2D eigenvalue weighted by Crippen LogP contribution is -2.37. The summed E-state index contributed by atoms with van der Waals surface area (Å²) in [5.74, 6) is -1.24. The number of carboxylic acids is 1. The van der Waals surface area contributed by atoms with Crippen LogP contribution < -0.4 is 0 Å². The van der Waals surface area contributed by atoms with Gasteiger partial charge in [0.25, 0.3) is 5.91 Å². The van der Waals surface area contributed by atoms with Gasteiger partial charge in [-0.1, -0.05) is 23.7 Å². The number of methoxy groups -OCH3 is 1. The number of benzene rings is 1. The maximum Gasteiger partial charge on any atom is 0.305 e. The van der Waals surface area contributed by atoms with Crippen LogP contribution in [0.3, 0.4) is 0 Å². The smallest absolute Gasteiger partial charge is 0.305 e. The Kier molecular flexibility index (Phi) is 5.29. The minimum atomic E-state index is -0.942. The van der Waals surface area contributed by atoms with Crippen molar-refractivity contribution in [1.82, 2.24) is 14.7 Å². The number of aliphatic carboxylic acids is 1. The highest BCUT2D eigenvalue weighted by molar-refractivity contribution is 6.32. The Morgan fingerprint density at radius 3 is 2.77 bits per heavy atom. The number of para-hydroxylation sites is 1. The van der Waals surface area contributed by atoms with E-state index in [1.165, 1.54) is 0 Å². The van der Waals surface area contributed by atoms with Crippen LogP contribution in [0.4, 0.5) is 0 Å². The third-order valence-corrected chi connectivity index (χ3v) is 4.89. The Labute approximate surface area is 156 Å². The first-order valence-electron chi connectivity index (χ1n) is 8.27. The number of ether oxygens (including phenoxy) is 1. The van der Waals surface area contributed by atoms with Gasteiger partial charge in [0.15, 0.2) is 5.69 Å². The number of hydrogen-bond donors (Lipinski definition) is 1. The average molecular weight is 378 g/mol. The van der Waals surface area contributed by atoms with Crippen LogP contribution >= 0.6 is 11.6 Å². The third kappa shape index (κ3) is 3.59. The van der Waals surface area contributed by atoms with Gasteiger partial charge in [0.05, 0.1) is 23.2 Å². The van der Waals surface area contributed by atoms with Crippen LogP contribution in [0, 0.1) is 6.92 Å². The zero-order valence-corrected chi connectivity index (χ0v) is 15.3. The highest BCUT2D eigenvalue weighted by Gasteiger charge is 2.37. The topological polar surface area (TPSA) is 84.7 Å². The number of hydrogen-bond acceptors (Lipinski definition) is 4. The quantitative estimate of drug-likeness (QED) is 0.865. The predicted molar refractivity (Wildman–Crippen MR) is 95.8 cm³/mol. The molecule has 0 spiro atoms. The van der Waals surface area contributed by atoms with E-state index >= 15 is 0 Å². The Morgan fingerprint density at radius 1 is 1.38 bits per heavy atom. The van der Waals surface area contributed by atoms with E-state index in [0.717, 1.165) is 5.69 Å². The molecule has 1 aliphatic rings. The van der Waals surface area contributed by atoms with Gasteiger partial charge in [-0.25, -0.2) is 4.68 Å². The lowest BCUT2D eigenvalue weighted by atomic mass is 10.1. The van der Waals surface area contributed by atoms with E-state index in [2.05, 4.69) is 5.10 Å². The zero-order valence-electron chi connectivity index (χ0n) is 14.6. The van der Waals surface area contributed by atoms with Crippen molar-refractivity contribution in [3.8, 4) is 5.69 Å². The van der Waals surface area contributed by atoms with Gasteiger partial charge in [0.1, 0.15) is 0 Å². The first-order chi connectivity index (χ1) is 12.4. The number of carbonyl (C=O) groups excluding carboxylic acids is 1. The number of halogens is 1. The lowest BCUT2D eigenvalue weighted by molar-refractivity contribution is -0.138. The van der Waals surface area contributed by atoms with Crippen molar-refractivity contribution in [2.45, 2.75) is 31.9 Å². The molecule has 1 aliphatic heterocycles. The van der Waals surface area contributed by atoms with E-state index in [4.69, 9.17) is 21.4 Å². The molecule has 2 aromatic rings. The summed E-state index contributed by atoms with van der Waals surface area (Å²) in [6.07, 6.45) is 0.212. The second-order valence-electron chi connectivity index (χ2n) is 6.34. The van der Waals surface area contributed by atoms with Gasteiger partial charge in [-0.3, -0.25) is 9.59 Å². The Balaban J connectivity index is 1.89. The van der Waals surface area contributed by atoms with Gasteiger partial charge >= 0.3 is 5.97 Å². The lowest BCUT2D eigenvalue weighted by Gasteiger charge is -2.22. The van der Waals surface area contributed by atoms with Gasteiger partial charge in [-0.15, -0.1) is 0 Å². The summed E-state index contributed by atoms with van der Waals surface area (Å²) in [5, 5.41) is 14.0. The Bertz CT molecular complexity index is 836. The van der Waals surface area contributed by atoms with E-state index in [-0.39, 0.29) is 24.1 Å². The summed E-state index contributed by atoms with van der Waals surface area (Å²) in [5.41, 5.74) is 1.71. The normalized spacial score (nSPS) is 19.7. The molecule has 138 valence electrons. The van der Waals surface area contributed by atoms with Crippen LogP contribution in [-0.2, 0) is 9.53 Å². The van der Waals surface area contributed by atoms with Crippen molar-refractivity contribution in [2.75, 3.05) is 13.7 Å². The molecular weight excluding hydrogens is 358 g/mol. The van der Waals surface area contributed by atoms with Gasteiger partial charge in [0.2, 0.25) is 0 Å². The maximum absolute atomic E-state index is 13.0. The largest absolute Gasteiger partial charge is 0.481 e. The second kappa shape index (κ2) is 7.47. The number of aryl methyl sites for hydroxylation is 1. The summed E-state index contributed by atoms with van der Waals surface area (Å²) < 4.78 is 6.94. The van der Waals surface area contributed by atoms with Crippen molar-refractivity contribution in [3.05, 3.63) is 46.7 Å². The van der Waals surface area contributed by atoms with Gasteiger partial charge in [-0.2, -0.15) is 5.10 Å². The van der Waals surface area contributed by atoms with Crippen LogP contribution in [0.25, 0.3) is 5.69 Å². The van der Waals surface area contributed by atoms with Gasteiger partial charge in [0, 0.05) is 25.4 Å². The summed E-state index contributed by atoms with van der Waals surface area (Å²) in [4.78, 5) is 25.6. The molecule has 1 fully saturated rings. The van der Waals surface area contributed by atoms with Crippen molar-refractivity contribution in [2.24, 2.45) is 0 Å². The van der Waals surface area contributed by atoms with E-state index < -0.39 is 12.0 Å². The molecule has 0 radical (unpaired) electrons. The van der Waals surface area contributed by atoms with Crippen molar-refractivity contribution < 1.29 is 19.4 Å². The standard InChI is InChI=1S/C18H20ClN3O4/c1-11-7-15(20-22(11)16-6-4-3-5-14(16)19)18(25)21-10-13(26-2)8-12(21)9-17(23)24/h3-7,12-13H,8-10H2,1-2H3,(H,23,24). The van der Waals surface area contributed by atoms with E-state index in [9.17, 15) is 9.59 Å². The fourth-order valence-electron chi connectivity index (χ4n) is 3.28. The van der Waals surface area contributed by atoms with E-state index in [1.807, 2.05) is 25.1 Å². The van der Waals surface area contributed by atoms with Gasteiger partial charge < -0.3 is 14.7 Å². The molecule has 1 aromatic heterocycles. The minimum absolute atomic E-state index is 0.115. The van der Waals surface area contributed by atoms with E-state index in [0.29, 0.717) is 23.7 Å². The Hall–Kier alpha value is -2.38. The molecule has 1 aromatic carbocycles. The van der Waals surface area contributed by atoms with Gasteiger partial charge in [-0.05, 0) is 31.5 Å². The second-order valence-corrected chi connectivity index (χ2v) is 6.74. The molecule has 1 saturated heterocycles. The number of amides is 1. The number of rotatable bonds is 5. The fraction of sp³-hybridized carbons (Fsp3) is 0.389. The molecule has 3 rings (SSSR count). The third-order valence-electron chi connectivity index (χ3n) is 4.57. The first-order valence-corrected chi connectivity index (χ1v) is 8.65. The number of nitrogens with zero attached hydrogens (tertiary/aromatic N) is 3. The first kappa shape index (κ1) is 18.4. The molecule has 2 atom stereocenters. The van der Waals surface area contributed by atoms with Crippen molar-refractivity contribution in [3.63, 3.8) is 0 Å². The highest BCUT2D eigenvalue weighted by Crippen LogP contribution is 2.26. The minimum Gasteiger partial charge on any atom is -0.481 e. The Morgan fingerprint density at radius 2 is 2.12 bits per heavy atom. The summed E-state index contributed by atoms with van der Waals surface area (Å²) in [6.45, 7) is 2.19. The summed E-state index contributed by atoms with van der Waals surface area (Å²) in [6, 6.07) is 8.52. The highest BCUT2D eigenvalue weighted by atomic mass is 35.5. The molecule has 2 heterocycles. The number of carbonyl (C=O) groups is 2. The molecule has 1 amide bonds. The molecule has 0 aliphatic carbocycles. The maximum atomic E-state index is 13.0.